The van der Waals surface area contributed by atoms with E-state index in [1.165, 1.54) is 0 Å². The second kappa shape index (κ2) is 4.08. The molecule has 0 amide bonds. The monoisotopic (exact) mass is 203 g/mol. The number of anilines is 1. The SMILES string of the molecule is CCCn1ccnc1-c1nccnc1N. The lowest BCUT2D eigenvalue weighted by Crippen LogP contribution is -2.03. The largest absolute Gasteiger partial charge is 0.382 e. The fourth-order valence-electron chi connectivity index (χ4n) is 1.47. The number of nitrogens with zero attached hydrogens (tertiary/aromatic N) is 4. The van der Waals surface area contributed by atoms with Crippen molar-refractivity contribution in [1.29, 1.82) is 0 Å². The minimum atomic E-state index is 0.418. The van der Waals surface area contributed by atoms with Crippen LogP contribution in [0.2, 0.25) is 0 Å². The molecule has 0 fully saturated rings. The van der Waals surface area contributed by atoms with Crippen LogP contribution in [0.25, 0.3) is 11.5 Å². The molecule has 2 N–H and O–H groups in total. The van der Waals surface area contributed by atoms with Gasteiger partial charge in [0.1, 0.15) is 5.69 Å². The van der Waals surface area contributed by atoms with Crippen molar-refractivity contribution < 1.29 is 0 Å². The molecular weight excluding hydrogens is 190 g/mol. The van der Waals surface area contributed by atoms with E-state index in [2.05, 4.69) is 21.9 Å². The normalized spacial score (nSPS) is 10.5. The molecule has 0 spiro atoms. The fraction of sp³-hybridized carbons (Fsp3) is 0.300. The molecule has 0 radical (unpaired) electrons. The lowest BCUT2D eigenvalue weighted by atomic mass is 10.3. The first kappa shape index (κ1) is 9.64. The van der Waals surface area contributed by atoms with E-state index in [1.807, 2.05) is 10.8 Å². The summed E-state index contributed by atoms with van der Waals surface area (Å²) in [6, 6.07) is 0. The highest BCUT2D eigenvalue weighted by atomic mass is 15.1. The third kappa shape index (κ3) is 1.81. The van der Waals surface area contributed by atoms with Crippen LogP contribution in [0, 0.1) is 0 Å². The Hall–Kier alpha value is -1.91. The maximum Gasteiger partial charge on any atom is 0.162 e. The average molecular weight is 203 g/mol. The van der Waals surface area contributed by atoms with Gasteiger partial charge >= 0.3 is 0 Å². The summed E-state index contributed by atoms with van der Waals surface area (Å²) < 4.78 is 2.03. The smallest absolute Gasteiger partial charge is 0.162 e. The molecule has 0 atom stereocenters. The van der Waals surface area contributed by atoms with Gasteiger partial charge in [0.15, 0.2) is 11.6 Å². The lowest BCUT2D eigenvalue weighted by Gasteiger charge is -2.06. The summed E-state index contributed by atoms with van der Waals surface area (Å²) in [7, 11) is 0. The van der Waals surface area contributed by atoms with E-state index >= 15 is 0 Å². The topological polar surface area (TPSA) is 69.6 Å². The molecule has 5 heteroatoms. The molecule has 2 heterocycles. The van der Waals surface area contributed by atoms with E-state index in [0.717, 1.165) is 18.8 Å². The number of aromatic nitrogens is 4. The van der Waals surface area contributed by atoms with Crippen LogP contribution in [0.1, 0.15) is 13.3 Å². The number of hydrogen-bond acceptors (Lipinski definition) is 4. The summed E-state index contributed by atoms with van der Waals surface area (Å²) in [6.45, 7) is 3.02. The number of nitrogens with two attached hydrogens (primary N) is 1. The van der Waals surface area contributed by atoms with Crippen molar-refractivity contribution in [3.05, 3.63) is 24.8 Å². The summed E-state index contributed by atoms with van der Waals surface area (Å²) in [5, 5.41) is 0. The van der Waals surface area contributed by atoms with Crippen LogP contribution in [-0.2, 0) is 6.54 Å². The van der Waals surface area contributed by atoms with Crippen molar-refractivity contribution in [3.63, 3.8) is 0 Å². The van der Waals surface area contributed by atoms with Crippen LogP contribution >= 0.6 is 0 Å². The van der Waals surface area contributed by atoms with Crippen LogP contribution < -0.4 is 5.73 Å². The molecule has 0 bridgehead atoms. The van der Waals surface area contributed by atoms with Crippen molar-refractivity contribution in [1.82, 2.24) is 19.5 Å². The van der Waals surface area contributed by atoms with Crippen LogP contribution in [0.15, 0.2) is 24.8 Å². The molecule has 0 aliphatic carbocycles. The Balaban J connectivity index is 2.45. The van der Waals surface area contributed by atoms with Crippen LogP contribution in [0.3, 0.4) is 0 Å². The fourth-order valence-corrected chi connectivity index (χ4v) is 1.47. The van der Waals surface area contributed by atoms with Gasteiger partial charge in [-0.3, -0.25) is 0 Å². The zero-order valence-electron chi connectivity index (χ0n) is 8.59. The molecule has 0 aliphatic heterocycles. The Kier molecular flexibility index (Phi) is 2.62. The summed E-state index contributed by atoms with van der Waals surface area (Å²) in [5.41, 5.74) is 6.40. The molecule has 0 saturated heterocycles. The first-order valence-electron chi connectivity index (χ1n) is 4.91. The first-order valence-corrected chi connectivity index (χ1v) is 4.91. The second-order valence-corrected chi connectivity index (χ2v) is 3.23. The van der Waals surface area contributed by atoms with Gasteiger partial charge in [0.05, 0.1) is 0 Å². The molecule has 15 heavy (non-hydrogen) atoms. The van der Waals surface area contributed by atoms with Gasteiger partial charge in [-0.15, -0.1) is 0 Å². The van der Waals surface area contributed by atoms with Gasteiger partial charge in [0.2, 0.25) is 0 Å². The maximum atomic E-state index is 5.75. The number of hydrogen-bond donors (Lipinski definition) is 1. The highest BCUT2D eigenvalue weighted by molar-refractivity contribution is 5.63. The van der Waals surface area contributed by atoms with E-state index in [0.29, 0.717) is 11.5 Å². The van der Waals surface area contributed by atoms with Crippen LogP contribution in [0.5, 0.6) is 0 Å². The summed E-state index contributed by atoms with van der Waals surface area (Å²) >= 11 is 0. The minimum absolute atomic E-state index is 0.418. The molecule has 2 rings (SSSR count). The van der Waals surface area contributed by atoms with E-state index in [-0.39, 0.29) is 0 Å². The van der Waals surface area contributed by atoms with Gasteiger partial charge in [-0.05, 0) is 6.42 Å². The Labute approximate surface area is 88.0 Å². The van der Waals surface area contributed by atoms with Crippen molar-refractivity contribution in [3.8, 4) is 11.5 Å². The van der Waals surface area contributed by atoms with E-state index in [9.17, 15) is 0 Å². The predicted octanol–water partition coefficient (Wildman–Crippen LogP) is 1.33. The first-order chi connectivity index (χ1) is 7.33. The lowest BCUT2D eigenvalue weighted by molar-refractivity contribution is 0.684. The highest BCUT2D eigenvalue weighted by Crippen LogP contribution is 2.19. The molecule has 0 aromatic carbocycles. The third-order valence-electron chi connectivity index (χ3n) is 2.12. The quantitative estimate of drug-likeness (QED) is 0.817. The molecule has 5 nitrogen and oxygen atoms in total. The van der Waals surface area contributed by atoms with Gasteiger partial charge < -0.3 is 10.3 Å². The third-order valence-corrected chi connectivity index (χ3v) is 2.12. The van der Waals surface area contributed by atoms with Crippen molar-refractivity contribution in [2.45, 2.75) is 19.9 Å². The number of aryl methyl sites for hydroxylation is 1. The number of imidazole rings is 1. The Morgan fingerprint density at radius 3 is 2.73 bits per heavy atom. The van der Waals surface area contributed by atoms with Crippen molar-refractivity contribution in [2.24, 2.45) is 0 Å². The molecule has 0 aliphatic rings. The summed E-state index contributed by atoms with van der Waals surface area (Å²) in [4.78, 5) is 12.4. The van der Waals surface area contributed by atoms with Crippen LogP contribution in [-0.4, -0.2) is 19.5 Å². The highest BCUT2D eigenvalue weighted by Gasteiger charge is 2.10. The Morgan fingerprint density at radius 2 is 2.00 bits per heavy atom. The van der Waals surface area contributed by atoms with E-state index in [1.54, 1.807) is 18.6 Å². The molecule has 0 unspecified atom stereocenters. The van der Waals surface area contributed by atoms with Crippen LogP contribution in [0.4, 0.5) is 5.82 Å². The van der Waals surface area contributed by atoms with Gasteiger partial charge in [-0.25, -0.2) is 15.0 Å². The molecule has 78 valence electrons. The minimum Gasteiger partial charge on any atom is -0.382 e. The van der Waals surface area contributed by atoms with E-state index in [4.69, 9.17) is 5.73 Å². The zero-order chi connectivity index (χ0) is 10.7. The Bertz CT molecular complexity index is 449. The summed E-state index contributed by atoms with van der Waals surface area (Å²) in [6.07, 6.45) is 7.91. The van der Waals surface area contributed by atoms with Gasteiger partial charge in [0.25, 0.3) is 0 Å². The van der Waals surface area contributed by atoms with Gasteiger partial charge in [0, 0.05) is 31.3 Å². The number of nitrogen functional groups attached to an aromatic ring is 1. The second-order valence-electron chi connectivity index (χ2n) is 3.23. The molecular formula is C10H13N5. The molecule has 2 aromatic heterocycles. The van der Waals surface area contributed by atoms with Crippen molar-refractivity contribution >= 4 is 5.82 Å². The molecule has 2 aromatic rings. The van der Waals surface area contributed by atoms with Gasteiger partial charge in [-0.2, -0.15) is 0 Å². The zero-order valence-corrected chi connectivity index (χ0v) is 8.59. The Morgan fingerprint density at radius 1 is 1.20 bits per heavy atom. The van der Waals surface area contributed by atoms with E-state index < -0.39 is 0 Å². The summed E-state index contributed by atoms with van der Waals surface area (Å²) in [5.74, 6) is 1.20. The average Bonchev–Trinajstić information content (AvgIpc) is 2.67. The van der Waals surface area contributed by atoms with Crippen molar-refractivity contribution in [2.75, 3.05) is 5.73 Å². The standard InChI is InChI=1S/C10H13N5/c1-2-6-15-7-5-14-10(15)8-9(11)13-4-3-12-8/h3-5,7H,2,6H2,1H3,(H2,11,13). The number of rotatable bonds is 3. The molecule has 0 saturated carbocycles. The van der Waals surface area contributed by atoms with Gasteiger partial charge in [-0.1, -0.05) is 6.92 Å². The predicted molar refractivity (Wildman–Crippen MR) is 58.0 cm³/mol. The maximum absolute atomic E-state index is 5.75.